The van der Waals surface area contributed by atoms with Gasteiger partial charge in [0.15, 0.2) is 5.78 Å². The maximum atomic E-state index is 12.4. The third kappa shape index (κ3) is 3.44. The second kappa shape index (κ2) is 5.87. The predicted octanol–water partition coefficient (Wildman–Crippen LogP) is 4.03. The molecule has 1 aromatic rings. The van der Waals surface area contributed by atoms with Crippen LogP contribution in [0.2, 0.25) is 0 Å². The number of carbonyl (C=O) groups excluding carboxylic acids is 1. The van der Waals surface area contributed by atoms with E-state index < -0.39 is 0 Å². The van der Waals surface area contributed by atoms with Gasteiger partial charge < -0.3 is 4.74 Å². The Balaban J connectivity index is 2.06. The van der Waals surface area contributed by atoms with Gasteiger partial charge in [-0.05, 0) is 43.2 Å². The largest absolute Gasteiger partial charge is 0.378 e. The van der Waals surface area contributed by atoms with Crippen molar-refractivity contribution in [3.8, 4) is 0 Å². The van der Waals surface area contributed by atoms with Crippen molar-refractivity contribution in [1.29, 1.82) is 0 Å². The third-order valence-corrected chi connectivity index (χ3v) is 4.07. The lowest BCUT2D eigenvalue weighted by atomic mass is 9.75. The minimum absolute atomic E-state index is 0.175. The van der Waals surface area contributed by atoms with Crippen LogP contribution in [0, 0.1) is 5.92 Å². The van der Waals surface area contributed by atoms with Crippen LogP contribution in [0.15, 0.2) is 24.3 Å². The second-order valence-corrected chi connectivity index (χ2v) is 6.14. The highest BCUT2D eigenvalue weighted by Gasteiger charge is 2.39. The van der Waals surface area contributed by atoms with Crippen LogP contribution >= 0.6 is 0 Å². The second-order valence-electron chi connectivity index (χ2n) is 6.14. The highest BCUT2D eigenvalue weighted by molar-refractivity contribution is 5.97. The molecule has 19 heavy (non-hydrogen) atoms. The molecule has 0 heterocycles. The number of carbonyl (C=O) groups is 1. The van der Waals surface area contributed by atoms with E-state index in [0.717, 1.165) is 24.8 Å². The summed E-state index contributed by atoms with van der Waals surface area (Å²) in [6.45, 7) is 4.39. The third-order valence-electron chi connectivity index (χ3n) is 4.07. The number of hydrogen-bond acceptors (Lipinski definition) is 2. The van der Waals surface area contributed by atoms with Crippen LogP contribution in [-0.2, 0) is 11.2 Å². The summed E-state index contributed by atoms with van der Waals surface area (Å²) < 4.78 is 5.54. The first kappa shape index (κ1) is 14.3. The zero-order valence-electron chi connectivity index (χ0n) is 12.2. The molecule has 0 amide bonds. The summed E-state index contributed by atoms with van der Waals surface area (Å²) in [7, 11) is 1.72. The van der Waals surface area contributed by atoms with Gasteiger partial charge in [-0.15, -0.1) is 0 Å². The molecule has 1 fully saturated rings. The summed E-state index contributed by atoms with van der Waals surface area (Å²) in [5.74, 6) is 0.828. The number of ketones is 1. The van der Waals surface area contributed by atoms with Crippen molar-refractivity contribution in [2.45, 2.75) is 51.6 Å². The molecular formula is C17H24O2. The van der Waals surface area contributed by atoms with Crippen molar-refractivity contribution in [1.82, 2.24) is 0 Å². The Morgan fingerprint density at radius 3 is 2.63 bits per heavy atom. The molecule has 1 aliphatic rings. The molecule has 2 heteroatoms. The van der Waals surface area contributed by atoms with E-state index in [9.17, 15) is 4.79 Å². The van der Waals surface area contributed by atoms with Crippen LogP contribution in [-0.4, -0.2) is 18.5 Å². The van der Waals surface area contributed by atoms with Crippen molar-refractivity contribution in [3.63, 3.8) is 0 Å². The van der Waals surface area contributed by atoms with Crippen molar-refractivity contribution < 1.29 is 9.53 Å². The first-order valence-electron chi connectivity index (χ1n) is 7.22. The molecule has 0 saturated heterocycles. The molecule has 2 rings (SSSR count). The van der Waals surface area contributed by atoms with Gasteiger partial charge in [0.1, 0.15) is 0 Å². The normalized spacial score (nSPS) is 17.3. The lowest BCUT2D eigenvalue weighted by Crippen LogP contribution is -2.41. The average Bonchev–Trinajstić information content (AvgIpc) is 2.33. The van der Waals surface area contributed by atoms with Gasteiger partial charge in [0.2, 0.25) is 0 Å². The van der Waals surface area contributed by atoms with Gasteiger partial charge in [0.25, 0.3) is 0 Å². The van der Waals surface area contributed by atoms with E-state index in [4.69, 9.17) is 4.74 Å². The number of methoxy groups -OCH3 is 1. The molecule has 1 aliphatic carbocycles. The number of rotatable bonds is 6. The van der Waals surface area contributed by atoms with Crippen LogP contribution in [0.5, 0.6) is 0 Å². The van der Waals surface area contributed by atoms with Crippen molar-refractivity contribution in [3.05, 3.63) is 35.4 Å². The first-order valence-corrected chi connectivity index (χ1v) is 7.22. The Labute approximate surface area is 116 Å². The molecule has 0 aliphatic heterocycles. The van der Waals surface area contributed by atoms with E-state index in [0.29, 0.717) is 12.3 Å². The van der Waals surface area contributed by atoms with Gasteiger partial charge in [0, 0.05) is 19.1 Å². The summed E-state index contributed by atoms with van der Waals surface area (Å²) in [4.78, 5) is 12.4. The van der Waals surface area contributed by atoms with E-state index in [1.165, 1.54) is 12.0 Å². The molecule has 104 valence electrons. The molecule has 0 unspecified atom stereocenters. The van der Waals surface area contributed by atoms with Gasteiger partial charge >= 0.3 is 0 Å². The standard InChI is InChI=1S/C17H24O2/c1-13(2)10-14-6-4-7-15(11-14)16(18)12-17(19-3)8-5-9-17/h4,6-7,11,13H,5,8-10,12H2,1-3H3. The quantitative estimate of drug-likeness (QED) is 0.722. The molecule has 0 atom stereocenters. The van der Waals surface area contributed by atoms with Crippen LogP contribution in [0.4, 0.5) is 0 Å². The van der Waals surface area contributed by atoms with Gasteiger partial charge in [-0.2, -0.15) is 0 Å². The van der Waals surface area contributed by atoms with E-state index in [2.05, 4.69) is 19.9 Å². The summed E-state index contributed by atoms with van der Waals surface area (Å²) in [5.41, 5.74) is 1.91. The van der Waals surface area contributed by atoms with Crippen LogP contribution in [0.1, 0.15) is 55.5 Å². The minimum atomic E-state index is -0.175. The Bertz CT molecular complexity index is 439. The van der Waals surface area contributed by atoms with Gasteiger partial charge in [0.05, 0.1) is 5.60 Å². The van der Waals surface area contributed by atoms with Crippen molar-refractivity contribution >= 4 is 5.78 Å². The molecule has 1 aromatic carbocycles. The number of Topliss-reactive ketones (excluding diaryl/α,β-unsaturated/α-hetero) is 1. The van der Waals surface area contributed by atoms with Gasteiger partial charge in [-0.25, -0.2) is 0 Å². The molecule has 0 N–H and O–H groups in total. The predicted molar refractivity (Wildman–Crippen MR) is 77.5 cm³/mol. The molecule has 0 spiro atoms. The zero-order valence-corrected chi connectivity index (χ0v) is 12.2. The number of ether oxygens (including phenoxy) is 1. The first-order chi connectivity index (χ1) is 9.04. The van der Waals surface area contributed by atoms with E-state index in [-0.39, 0.29) is 11.4 Å². The van der Waals surface area contributed by atoms with Crippen LogP contribution in [0.25, 0.3) is 0 Å². The summed E-state index contributed by atoms with van der Waals surface area (Å²) in [6.07, 6.45) is 4.75. The van der Waals surface area contributed by atoms with Crippen LogP contribution < -0.4 is 0 Å². The lowest BCUT2D eigenvalue weighted by molar-refractivity contribution is -0.0704. The summed E-state index contributed by atoms with van der Waals surface area (Å²) >= 11 is 0. The van der Waals surface area contributed by atoms with Crippen molar-refractivity contribution in [2.75, 3.05) is 7.11 Å². The van der Waals surface area contributed by atoms with Crippen LogP contribution in [0.3, 0.4) is 0 Å². The maximum absolute atomic E-state index is 12.4. The average molecular weight is 260 g/mol. The molecule has 0 aromatic heterocycles. The minimum Gasteiger partial charge on any atom is -0.378 e. The lowest BCUT2D eigenvalue weighted by Gasteiger charge is -2.40. The SMILES string of the molecule is COC1(CC(=O)c2cccc(CC(C)C)c2)CCC1. The Kier molecular flexibility index (Phi) is 4.41. The number of hydrogen-bond donors (Lipinski definition) is 0. The molecule has 2 nitrogen and oxygen atoms in total. The Morgan fingerprint density at radius 2 is 2.11 bits per heavy atom. The molecule has 0 bridgehead atoms. The zero-order chi connectivity index (χ0) is 13.9. The molecule has 0 radical (unpaired) electrons. The molecular weight excluding hydrogens is 236 g/mol. The highest BCUT2D eigenvalue weighted by atomic mass is 16.5. The van der Waals surface area contributed by atoms with Crippen molar-refractivity contribution in [2.24, 2.45) is 5.92 Å². The Hall–Kier alpha value is -1.15. The summed E-state index contributed by atoms with van der Waals surface area (Å²) in [5, 5.41) is 0. The fourth-order valence-corrected chi connectivity index (χ4v) is 2.76. The van der Waals surface area contributed by atoms with E-state index in [1.54, 1.807) is 7.11 Å². The number of benzene rings is 1. The molecule has 1 saturated carbocycles. The van der Waals surface area contributed by atoms with E-state index >= 15 is 0 Å². The van der Waals surface area contributed by atoms with E-state index in [1.807, 2.05) is 18.2 Å². The summed E-state index contributed by atoms with van der Waals surface area (Å²) in [6, 6.07) is 8.07. The maximum Gasteiger partial charge on any atom is 0.165 e. The van der Waals surface area contributed by atoms with Gasteiger partial charge in [-0.1, -0.05) is 32.0 Å². The highest BCUT2D eigenvalue weighted by Crippen LogP contribution is 2.38. The smallest absolute Gasteiger partial charge is 0.165 e. The topological polar surface area (TPSA) is 26.3 Å². The monoisotopic (exact) mass is 260 g/mol. The van der Waals surface area contributed by atoms with Gasteiger partial charge in [-0.3, -0.25) is 4.79 Å². The fraction of sp³-hybridized carbons (Fsp3) is 0.588. The fourth-order valence-electron chi connectivity index (χ4n) is 2.76. The Morgan fingerprint density at radius 1 is 1.37 bits per heavy atom.